The smallest absolute Gasteiger partial charge is 0.303 e. The van der Waals surface area contributed by atoms with Crippen LogP contribution in [0.5, 0.6) is 0 Å². The summed E-state index contributed by atoms with van der Waals surface area (Å²) in [4.78, 5) is 2.24. The maximum absolute atomic E-state index is 5.43. The first kappa shape index (κ1) is 12.0. The minimum absolute atomic E-state index is 0.712. The minimum Gasteiger partial charge on any atom is -0.329 e. The monoisotopic (exact) mass is 200 g/mol. The van der Waals surface area contributed by atoms with Gasteiger partial charge >= 0.3 is 6.41 Å². The fourth-order valence-electron chi connectivity index (χ4n) is 1.47. The topological polar surface area (TPSA) is 21.7 Å². The number of ether oxygens (including phenoxy) is 2. The number of hydrogen-bond donors (Lipinski definition) is 0. The Kier molecular flexibility index (Phi) is 6.15. The molecule has 1 heterocycles. The first-order chi connectivity index (χ1) is 6.88. The van der Waals surface area contributed by atoms with E-state index < -0.39 is 0 Å². The van der Waals surface area contributed by atoms with Crippen molar-refractivity contribution in [1.29, 1.82) is 0 Å². The van der Waals surface area contributed by atoms with Gasteiger partial charge in [0.05, 0.1) is 13.2 Å². The number of rotatable bonds is 7. The molecule has 0 unspecified atom stereocenters. The lowest BCUT2D eigenvalue weighted by molar-refractivity contribution is -0.0437. The van der Waals surface area contributed by atoms with Crippen LogP contribution in [0, 0.1) is 6.41 Å². The molecular formula is C11H22NO2. The second-order valence-corrected chi connectivity index (χ2v) is 3.66. The van der Waals surface area contributed by atoms with Crippen molar-refractivity contribution in [2.45, 2.75) is 39.5 Å². The van der Waals surface area contributed by atoms with Crippen molar-refractivity contribution >= 4 is 0 Å². The third-order valence-electron chi connectivity index (χ3n) is 2.36. The molecule has 1 rings (SSSR count). The van der Waals surface area contributed by atoms with E-state index in [2.05, 4.69) is 18.7 Å². The molecule has 0 aromatic heterocycles. The van der Waals surface area contributed by atoms with Gasteiger partial charge < -0.3 is 9.47 Å². The Morgan fingerprint density at radius 3 is 1.93 bits per heavy atom. The van der Waals surface area contributed by atoms with Crippen LogP contribution in [-0.2, 0) is 9.47 Å². The van der Waals surface area contributed by atoms with Gasteiger partial charge in [-0.05, 0) is 12.8 Å². The number of hydrogen-bond acceptors (Lipinski definition) is 3. The summed E-state index contributed by atoms with van der Waals surface area (Å²) in [5.74, 6) is 0. The Labute approximate surface area is 87.4 Å². The van der Waals surface area contributed by atoms with Gasteiger partial charge in [-0.2, -0.15) is 0 Å². The summed E-state index contributed by atoms with van der Waals surface area (Å²) in [7, 11) is 0. The zero-order valence-corrected chi connectivity index (χ0v) is 9.42. The molecular weight excluding hydrogens is 178 g/mol. The van der Waals surface area contributed by atoms with E-state index in [0.29, 0.717) is 13.2 Å². The zero-order valence-electron chi connectivity index (χ0n) is 9.42. The lowest BCUT2D eigenvalue weighted by atomic mass is 10.3. The van der Waals surface area contributed by atoms with E-state index in [4.69, 9.17) is 9.47 Å². The molecule has 0 bridgehead atoms. The van der Waals surface area contributed by atoms with E-state index in [-0.39, 0.29) is 0 Å². The molecule has 0 spiro atoms. The molecule has 1 aliphatic rings. The summed E-state index contributed by atoms with van der Waals surface area (Å²) in [5, 5.41) is 0. The van der Waals surface area contributed by atoms with E-state index in [1.165, 1.54) is 25.7 Å². The fraction of sp³-hybridized carbons (Fsp3) is 0.909. The second-order valence-electron chi connectivity index (χ2n) is 3.66. The molecule has 3 nitrogen and oxygen atoms in total. The van der Waals surface area contributed by atoms with Crippen molar-refractivity contribution in [3.05, 3.63) is 6.41 Å². The van der Waals surface area contributed by atoms with Crippen molar-refractivity contribution in [3.8, 4) is 0 Å². The van der Waals surface area contributed by atoms with Crippen LogP contribution in [0.15, 0.2) is 0 Å². The van der Waals surface area contributed by atoms with Crippen LogP contribution in [0.4, 0.5) is 0 Å². The minimum atomic E-state index is 0.712. The van der Waals surface area contributed by atoms with Crippen LogP contribution in [0.1, 0.15) is 39.5 Å². The molecule has 14 heavy (non-hydrogen) atoms. The molecule has 1 aliphatic heterocycles. The Balaban J connectivity index is 2.26. The van der Waals surface area contributed by atoms with E-state index in [1.54, 1.807) is 0 Å². The van der Waals surface area contributed by atoms with Crippen molar-refractivity contribution < 1.29 is 9.47 Å². The van der Waals surface area contributed by atoms with Crippen LogP contribution in [-0.4, -0.2) is 31.2 Å². The van der Waals surface area contributed by atoms with Crippen molar-refractivity contribution in [1.82, 2.24) is 4.90 Å². The highest BCUT2D eigenvalue weighted by molar-refractivity contribution is 4.73. The third kappa shape index (κ3) is 3.95. The summed E-state index contributed by atoms with van der Waals surface area (Å²) >= 11 is 0. The van der Waals surface area contributed by atoms with Crippen LogP contribution in [0.3, 0.4) is 0 Å². The lowest BCUT2D eigenvalue weighted by Gasteiger charge is -2.24. The summed E-state index contributed by atoms with van der Waals surface area (Å²) in [6, 6.07) is 0. The molecule has 0 N–H and O–H groups in total. The number of nitrogens with zero attached hydrogens (tertiary/aromatic N) is 1. The average Bonchev–Trinajstić information content (AvgIpc) is 2.71. The van der Waals surface area contributed by atoms with Crippen LogP contribution in [0.2, 0.25) is 0 Å². The SMILES string of the molecule is CCCCN(CCCC)[C]1OCCO1. The Morgan fingerprint density at radius 1 is 1.00 bits per heavy atom. The molecule has 1 fully saturated rings. The summed E-state index contributed by atoms with van der Waals surface area (Å²) in [6.45, 7) is 7.96. The van der Waals surface area contributed by atoms with Gasteiger partial charge in [0.15, 0.2) is 0 Å². The lowest BCUT2D eigenvalue weighted by Crippen LogP contribution is -2.31. The van der Waals surface area contributed by atoms with E-state index >= 15 is 0 Å². The van der Waals surface area contributed by atoms with E-state index in [1.807, 2.05) is 0 Å². The van der Waals surface area contributed by atoms with Gasteiger partial charge in [-0.25, -0.2) is 4.90 Å². The maximum Gasteiger partial charge on any atom is 0.303 e. The zero-order chi connectivity index (χ0) is 10.2. The normalized spacial score (nSPS) is 18.2. The molecule has 0 saturated carbocycles. The molecule has 1 saturated heterocycles. The molecule has 0 atom stereocenters. The van der Waals surface area contributed by atoms with Crippen LogP contribution >= 0.6 is 0 Å². The average molecular weight is 200 g/mol. The van der Waals surface area contributed by atoms with Gasteiger partial charge in [-0.1, -0.05) is 26.7 Å². The highest BCUT2D eigenvalue weighted by atomic mass is 16.7. The Morgan fingerprint density at radius 2 is 1.50 bits per heavy atom. The standard InChI is InChI=1S/C11H22NO2/c1-3-5-7-12(8-6-4-2)11-13-9-10-14-11/h3-10H2,1-2H3. The summed E-state index contributed by atoms with van der Waals surface area (Å²) < 4.78 is 10.9. The Bertz CT molecular complexity index is 127. The van der Waals surface area contributed by atoms with Crippen molar-refractivity contribution in [2.24, 2.45) is 0 Å². The van der Waals surface area contributed by atoms with Crippen molar-refractivity contribution in [3.63, 3.8) is 0 Å². The van der Waals surface area contributed by atoms with Crippen LogP contribution < -0.4 is 0 Å². The molecule has 3 heteroatoms. The highest BCUT2D eigenvalue weighted by Gasteiger charge is 2.25. The fourth-order valence-corrected chi connectivity index (χ4v) is 1.47. The predicted molar refractivity (Wildman–Crippen MR) is 56.5 cm³/mol. The predicted octanol–water partition coefficient (Wildman–Crippen LogP) is 2.38. The first-order valence-electron chi connectivity index (χ1n) is 5.76. The molecule has 1 radical (unpaired) electrons. The molecule has 83 valence electrons. The van der Waals surface area contributed by atoms with Gasteiger partial charge in [-0.3, -0.25) is 0 Å². The number of unbranched alkanes of at least 4 members (excludes halogenated alkanes) is 2. The molecule has 0 amide bonds. The molecule has 0 aromatic rings. The van der Waals surface area contributed by atoms with Gasteiger partial charge in [0.2, 0.25) is 0 Å². The van der Waals surface area contributed by atoms with Gasteiger partial charge in [0.1, 0.15) is 0 Å². The van der Waals surface area contributed by atoms with Gasteiger partial charge in [-0.15, -0.1) is 0 Å². The first-order valence-corrected chi connectivity index (χ1v) is 5.76. The molecule has 0 aromatic carbocycles. The van der Waals surface area contributed by atoms with Gasteiger partial charge in [0.25, 0.3) is 0 Å². The Hall–Kier alpha value is -0.120. The highest BCUT2D eigenvalue weighted by Crippen LogP contribution is 2.18. The summed E-state index contributed by atoms with van der Waals surface area (Å²) in [5.41, 5.74) is 0. The quantitative estimate of drug-likeness (QED) is 0.630. The van der Waals surface area contributed by atoms with E-state index in [9.17, 15) is 0 Å². The summed E-state index contributed by atoms with van der Waals surface area (Å²) in [6.07, 6.45) is 5.61. The third-order valence-corrected chi connectivity index (χ3v) is 2.36. The largest absolute Gasteiger partial charge is 0.329 e. The van der Waals surface area contributed by atoms with Crippen LogP contribution in [0.25, 0.3) is 0 Å². The molecule has 0 aliphatic carbocycles. The van der Waals surface area contributed by atoms with Crippen molar-refractivity contribution in [2.75, 3.05) is 26.3 Å². The maximum atomic E-state index is 5.43. The van der Waals surface area contributed by atoms with E-state index in [0.717, 1.165) is 19.5 Å². The second kappa shape index (κ2) is 7.21. The van der Waals surface area contributed by atoms with Gasteiger partial charge in [0, 0.05) is 13.1 Å².